The standard InChI is InChI=1S/C31H29ClF3N3O3/c1-36-30(39)19-11-23-29(38-14-17(33)10-18(38)15-40-23)28(35)26(19)25-20-13-31(24-8-5-9-37-24,16-6-3-2-4-7-16)41-22(20)12-21(34)27(25)32/h2-4,6-7,11-12,17-18,24,37H,5,8-10,13-15H2,1H3,(H,36,39)/t17?,18?,24-,31-/m0/s1. The first-order chi connectivity index (χ1) is 19.8. The highest BCUT2D eigenvalue weighted by atomic mass is 35.5. The van der Waals surface area contributed by atoms with Crippen LogP contribution in [0, 0.1) is 11.6 Å². The number of fused-ring (bicyclic) bond motifs is 4. The monoisotopic (exact) mass is 583 g/mol. The van der Waals surface area contributed by atoms with E-state index in [0.29, 0.717) is 5.56 Å². The first-order valence-electron chi connectivity index (χ1n) is 13.9. The highest BCUT2D eigenvalue weighted by molar-refractivity contribution is 6.34. The number of nitrogens with zero attached hydrogens (tertiary/aromatic N) is 1. The van der Waals surface area contributed by atoms with Gasteiger partial charge in [-0.2, -0.15) is 0 Å². The molecular formula is C31H29ClF3N3O3. The Morgan fingerprint density at radius 1 is 1.17 bits per heavy atom. The number of halogens is 4. The molecule has 2 fully saturated rings. The third kappa shape index (κ3) is 4.00. The fourth-order valence-electron chi connectivity index (χ4n) is 7.05. The molecule has 1 amide bonds. The van der Waals surface area contributed by atoms with E-state index in [4.69, 9.17) is 21.1 Å². The summed E-state index contributed by atoms with van der Waals surface area (Å²) in [4.78, 5) is 14.8. The maximum Gasteiger partial charge on any atom is 0.251 e. The predicted molar refractivity (Wildman–Crippen MR) is 150 cm³/mol. The highest BCUT2D eigenvalue weighted by Crippen LogP contribution is 2.54. The maximum atomic E-state index is 16.9. The summed E-state index contributed by atoms with van der Waals surface area (Å²) >= 11 is 6.67. The first-order valence-corrected chi connectivity index (χ1v) is 14.3. The number of hydrogen-bond acceptors (Lipinski definition) is 5. The van der Waals surface area contributed by atoms with Gasteiger partial charge < -0.3 is 25.0 Å². The molecule has 7 rings (SSSR count). The number of carbonyl (C=O) groups excluding carboxylic acids is 1. The lowest BCUT2D eigenvalue weighted by atomic mass is 9.80. The molecule has 4 aliphatic rings. The van der Waals surface area contributed by atoms with Crippen molar-refractivity contribution in [3.63, 3.8) is 0 Å². The van der Waals surface area contributed by atoms with Crippen LogP contribution >= 0.6 is 11.6 Å². The third-order valence-corrected chi connectivity index (χ3v) is 9.28. The Hall–Kier alpha value is -3.43. The number of nitrogens with one attached hydrogen (secondary N) is 2. The van der Waals surface area contributed by atoms with Crippen molar-refractivity contribution in [1.82, 2.24) is 10.6 Å². The zero-order chi connectivity index (χ0) is 28.5. The molecule has 0 radical (unpaired) electrons. The van der Waals surface area contributed by atoms with Gasteiger partial charge in [-0.15, -0.1) is 0 Å². The van der Waals surface area contributed by atoms with Crippen molar-refractivity contribution in [2.45, 2.75) is 49.5 Å². The van der Waals surface area contributed by atoms with E-state index in [0.717, 1.165) is 24.9 Å². The lowest BCUT2D eigenvalue weighted by Crippen LogP contribution is -2.48. The third-order valence-electron chi connectivity index (χ3n) is 8.91. The minimum absolute atomic E-state index is 0.000718. The zero-order valence-electron chi connectivity index (χ0n) is 22.4. The van der Waals surface area contributed by atoms with Crippen LogP contribution in [0.1, 0.15) is 40.7 Å². The number of carbonyl (C=O) groups is 1. The summed E-state index contributed by atoms with van der Waals surface area (Å²) in [5, 5.41) is 5.78. The van der Waals surface area contributed by atoms with E-state index in [2.05, 4.69) is 10.6 Å². The molecule has 0 bridgehead atoms. The number of anilines is 1. The summed E-state index contributed by atoms with van der Waals surface area (Å²) in [6, 6.07) is 12.0. The Balaban J connectivity index is 1.47. The molecule has 3 aromatic rings. The number of amides is 1. The number of ether oxygens (including phenoxy) is 2. The molecule has 2 saturated heterocycles. The van der Waals surface area contributed by atoms with Gasteiger partial charge in [-0.3, -0.25) is 4.79 Å². The molecule has 3 aromatic carbocycles. The lowest BCUT2D eigenvalue weighted by molar-refractivity contribution is 0.0539. The normalized spacial score (nSPS) is 26.2. The van der Waals surface area contributed by atoms with Crippen LogP contribution in [0.2, 0.25) is 5.02 Å². The van der Waals surface area contributed by atoms with Crippen LogP contribution in [-0.2, 0) is 12.0 Å². The molecule has 2 N–H and O–H groups in total. The van der Waals surface area contributed by atoms with Crippen LogP contribution in [0.15, 0.2) is 42.5 Å². The molecule has 4 aliphatic heterocycles. The van der Waals surface area contributed by atoms with E-state index in [-0.39, 0.29) is 77.0 Å². The zero-order valence-corrected chi connectivity index (χ0v) is 23.2. The summed E-state index contributed by atoms with van der Waals surface area (Å²) in [5.74, 6) is -1.78. The molecule has 10 heteroatoms. The minimum atomic E-state index is -1.14. The summed E-state index contributed by atoms with van der Waals surface area (Å²) in [6.45, 7) is 0.990. The van der Waals surface area contributed by atoms with Gasteiger partial charge in [-0.05, 0) is 31.0 Å². The largest absolute Gasteiger partial charge is 0.489 e. The van der Waals surface area contributed by atoms with E-state index >= 15 is 8.78 Å². The van der Waals surface area contributed by atoms with Crippen molar-refractivity contribution in [3.05, 3.63) is 75.8 Å². The Bertz CT molecular complexity index is 1550. The smallest absolute Gasteiger partial charge is 0.251 e. The van der Waals surface area contributed by atoms with Crippen molar-refractivity contribution < 1.29 is 27.4 Å². The average Bonchev–Trinajstić information content (AvgIpc) is 3.73. The van der Waals surface area contributed by atoms with Crippen LogP contribution in [0.4, 0.5) is 18.9 Å². The Morgan fingerprint density at radius 2 is 1.98 bits per heavy atom. The van der Waals surface area contributed by atoms with Gasteiger partial charge in [0.05, 0.1) is 22.7 Å². The number of rotatable bonds is 4. The van der Waals surface area contributed by atoms with Crippen LogP contribution < -0.4 is 25.0 Å². The maximum absolute atomic E-state index is 16.9. The van der Waals surface area contributed by atoms with Crippen molar-refractivity contribution >= 4 is 23.2 Å². The molecule has 0 aliphatic carbocycles. The number of hydrogen-bond donors (Lipinski definition) is 2. The fraction of sp³-hybridized carbons (Fsp3) is 0.387. The van der Waals surface area contributed by atoms with Crippen molar-refractivity contribution in [2.24, 2.45) is 0 Å². The van der Waals surface area contributed by atoms with E-state index < -0.39 is 29.3 Å². The van der Waals surface area contributed by atoms with Crippen LogP contribution in [0.25, 0.3) is 11.1 Å². The van der Waals surface area contributed by atoms with Gasteiger partial charge in [0.2, 0.25) is 0 Å². The number of benzene rings is 3. The van der Waals surface area contributed by atoms with Crippen LogP contribution in [0.3, 0.4) is 0 Å². The molecular weight excluding hydrogens is 555 g/mol. The highest BCUT2D eigenvalue weighted by Gasteiger charge is 2.50. The summed E-state index contributed by atoms with van der Waals surface area (Å²) in [5.41, 5.74) is 0.438. The molecule has 4 atom stereocenters. The predicted octanol–water partition coefficient (Wildman–Crippen LogP) is 5.54. The number of alkyl halides is 1. The topological polar surface area (TPSA) is 62.8 Å². The van der Waals surface area contributed by atoms with Gasteiger partial charge in [0.15, 0.2) is 11.4 Å². The first kappa shape index (κ1) is 26.5. The van der Waals surface area contributed by atoms with Crippen molar-refractivity contribution in [2.75, 3.05) is 31.6 Å². The Kier molecular flexibility index (Phi) is 6.35. The average molecular weight is 584 g/mol. The van der Waals surface area contributed by atoms with Gasteiger partial charge in [0.1, 0.15) is 35.8 Å². The van der Waals surface area contributed by atoms with Gasteiger partial charge in [0, 0.05) is 49.2 Å². The Labute approximate surface area is 240 Å². The van der Waals surface area contributed by atoms with Gasteiger partial charge in [-0.1, -0.05) is 41.9 Å². The second-order valence-corrected chi connectivity index (χ2v) is 11.6. The van der Waals surface area contributed by atoms with E-state index in [1.54, 1.807) is 4.90 Å². The van der Waals surface area contributed by atoms with Gasteiger partial charge in [0.25, 0.3) is 5.91 Å². The van der Waals surface area contributed by atoms with Crippen LogP contribution in [0.5, 0.6) is 11.5 Å². The fourth-order valence-corrected chi connectivity index (χ4v) is 7.31. The molecule has 0 spiro atoms. The summed E-state index contributed by atoms with van der Waals surface area (Å²) in [6.07, 6.45) is 1.13. The minimum Gasteiger partial charge on any atom is -0.489 e. The second-order valence-electron chi connectivity index (χ2n) is 11.2. The molecule has 4 heterocycles. The van der Waals surface area contributed by atoms with Crippen molar-refractivity contribution in [1.29, 1.82) is 0 Å². The Morgan fingerprint density at radius 3 is 2.71 bits per heavy atom. The summed E-state index contributed by atoms with van der Waals surface area (Å²) < 4.78 is 59.4. The van der Waals surface area contributed by atoms with Gasteiger partial charge >= 0.3 is 0 Å². The van der Waals surface area contributed by atoms with E-state index in [9.17, 15) is 9.18 Å². The lowest BCUT2D eigenvalue weighted by Gasteiger charge is -2.35. The SMILES string of the molecule is CNC(=O)c1cc2c(c(F)c1-c1c(Cl)c(F)cc3c1C[C@](c1ccccc1)([C@@H]1CCCN1)O3)N1CC(F)CC1CO2. The molecule has 0 aromatic heterocycles. The van der Waals surface area contributed by atoms with E-state index in [1.807, 2.05) is 30.3 Å². The summed E-state index contributed by atoms with van der Waals surface area (Å²) in [7, 11) is 1.43. The van der Waals surface area contributed by atoms with Crippen LogP contribution in [-0.4, -0.2) is 50.9 Å². The van der Waals surface area contributed by atoms with E-state index in [1.165, 1.54) is 19.2 Å². The molecule has 214 valence electrons. The van der Waals surface area contributed by atoms with Crippen molar-refractivity contribution in [3.8, 4) is 22.6 Å². The van der Waals surface area contributed by atoms with Gasteiger partial charge in [-0.25, -0.2) is 13.2 Å². The molecule has 41 heavy (non-hydrogen) atoms. The molecule has 6 nitrogen and oxygen atoms in total. The second kappa shape index (κ2) is 9.84. The molecule has 0 saturated carbocycles. The molecule has 2 unspecified atom stereocenters. The quantitative estimate of drug-likeness (QED) is 0.423.